The molecule has 1 aliphatic rings. The first-order valence-electron chi connectivity index (χ1n) is 5.02. The highest BCUT2D eigenvalue weighted by Crippen LogP contribution is 2.35. The van der Waals surface area contributed by atoms with Crippen molar-refractivity contribution in [2.45, 2.75) is 23.5 Å². The SMILES string of the molecule is O=S1(=O)CCC[C@@H]1[C@H](Cl)c1ccccc1. The zero-order valence-corrected chi connectivity index (χ0v) is 9.84. The average Bonchev–Trinajstić information content (AvgIpc) is 2.58. The van der Waals surface area contributed by atoms with Crippen LogP contribution in [0.25, 0.3) is 0 Å². The summed E-state index contributed by atoms with van der Waals surface area (Å²) in [6, 6.07) is 9.42. The largest absolute Gasteiger partial charge is 0.228 e. The Kier molecular flexibility index (Phi) is 3.03. The van der Waals surface area contributed by atoms with Crippen molar-refractivity contribution in [1.82, 2.24) is 0 Å². The van der Waals surface area contributed by atoms with Gasteiger partial charge in [-0.2, -0.15) is 0 Å². The van der Waals surface area contributed by atoms with Crippen LogP contribution in [0.2, 0.25) is 0 Å². The van der Waals surface area contributed by atoms with Gasteiger partial charge in [-0.05, 0) is 18.4 Å². The maximum Gasteiger partial charge on any atom is 0.154 e. The van der Waals surface area contributed by atoms with Crippen molar-refractivity contribution in [1.29, 1.82) is 0 Å². The summed E-state index contributed by atoms with van der Waals surface area (Å²) >= 11 is 6.22. The second kappa shape index (κ2) is 4.14. The van der Waals surface area contributed by atoms with E-state index in [4.69, 9.17) is 11.6 Å². The van der Waals surface area contributed by atoms with E-state index >= 15 is 0 Å². The number of sulfone groups is 1. The maximum atomic E-state index is 11.7. The van der Waals surface area contributed by atoms with Gasteiger partial charge in [0.15, 0.2) is 9.84 Å². The Bertz CT molecular complexity index is 427. The number of hydrogen-bond donors (Lipinski definition) is 0. The van der Waals surface area contributed by atoms with Crippen LogP contribution in [0.5, 0.6) is 0 Å². The number of rotatable bonds is 2. The highest BCUT2D eigenvalue weighted by molar-refractivity contribution is 7.92. The number of benzene rings is 1. The molecule has 0 amide bonds. The van der Waals surface area contributed by atoms with Gasteiger partial charge in [-0.15, -0.1) is 11.6 Å². The lowest BCUT2D eigenvalue weighted by molar-refractivity contribution is 0.586. The molecule has 1 aliphatic heterocycles. The molecule has 0 radical (unpaired) electrons. The molecule has 2 atom stereocenters. The Hall–Kier alpha value is -0.540. The van der Waals surface area contributed by atoms with Gasteiger partial charge in [0.2, 0.25) is 0 Å². The first-order chi connectivity index (χ1) is 7.11. The summed E-state index contributed by atoms with van der Waals surface area (Å²) in [6.07, 6.45) is 1.43. The molecule has 0 N–H and O–H groups in total. The molecule has 0 unspecified atom stereocenters. The molecule has 0 spiro atoms. The Morgan fingerprint density at radius 3 is 2.47 bits per heavy atom. The van der Waals surface area contributed by atoms with Crippen molar-refractivity contribution >= 4 is 21.4 Å². The van der Waals surface area contributed by atoms with E-state index < -0.39 is 20.5 Å². The molecular formula is C11H13ClO2S. The summed E-state index contributed by atoms with van der Waals surface area (Å²) in [5.74, 6) is 0.285. The van der Waals surface area contributed by atoms with Gasteiger partial charge in [0, 0.05) is 0 Å². The van der Waals surface area contributed by atoms with Crippen molar-refractivity contribution in [3.8, 4) is 0 Å². The molecule has 1 aromatic carbocycles. The van der Waals surface area contributed by atoms with Gasteiger partial charge in [-0.25, -0.2) is 8.42 Å². The smallest absolute Gasteiger partial charge is 0.154 e. The monoisotopic (exact) mass is 244 g/mol. The zero-order valence-electron chi connectivity index (χ0n) is 8.27. The molecule has 15 heavy (non-hydrogen) atoms. The van der Waals surface area contributed by atoms with E-state index in [2.05, 4.69) is 0 Å². The fraction of sp³-hybridized carbons (Fsp3) is 0.455. The van der Waals surface area contributed by atoms with Crippen LogP contribution >= 0.6 is 11.6 Å². The standard InChI is InChI=1S/C11H13ClO2S/c12-11(9-5-2-1-3-6-9)10-7-4-8-15(10,13)14/h1-3,5-6,10-11H,4,7-8H2/t10-,11-/m1/s1. The predicted octanol–water partition coefficient (Wildman–Crippen LogP) is 2.54. The lowest BCUT2D eigenvalue weighted by atomic mass is 10.1. The third kappa shape index (κ3) is 2.18. The summed E-state index contributed by atoms with van der Waals surface area (Å²) in [6.45, 7) is 0. The first-order valence-corrected chi connectivity index (χ1v) is 7.17. The van der Waals surface area contributed by atoms with Gasteiger partial charge in [-0.1, -0.05) is 30.3 Å². The number of hydrogen-bond acceptors (Lipinski definition) is 2. The van der Waals surface area contributed by atoms with Crippen LogP contribution in [0, 0.1) is 0 Å². The summed E-state index contributed by atoms with van der Waals surface area (Å²) in [7, 11) is -2.97. The van der Waals surface area contributed by atoms with Crippen molar-refractivity contribution in [3.63, 3.8) is 0 Å². The molecule has 0 saturated carbocycles. The van der Waals surface area contributed by atoms with Crippen LogP contribution in [-0.2, 0) is 9.84 Å². The van der Waals surface area contributed by atoms with Gasteiger partial charge in [0.1, 0.15) is 0 Å². The third-order valence-corrected chi connectivity index (χ3v) is 5.82. The van der Waals surface area contributed by atoms with E-state index in [0.29, 0.717) is 6.42 Å². The van der Waals surface area contributed by atoms with Crippen LogP contribution in [-0.4, -0.2) is 19.4 Å². The number of halogens is 1. The Morgan fingerprint density at radius 2 is 1.93 bits per heavy atom. The van der Waals surface area contributed by atoms with Crippen molar-refractivity contribution in [2.75, 3.05) is 5.75 Å². The van der Waals surface area contributed by atoms with Crippen LogP contribution < -0.4 is 0 Å². The molecule has 2 nitrogen and oxygen atoms in total. The van der Waals surface area contributed by atoms with E-state index in [1.165, 1.54) is 0 Å². The fourth-order valence-corrected chi connectivity index (χ4v) is 4.66. The topological polar surface area (TPSA) is 34.1 Å². The molecule has 82 valence electrons. The third-order valence-electron chi connectivity index (χ3n) is 2.82. The summed E-state index contributed by atoms with van der Waals surface area (Å²) in [4.78, 5) is 0. The lowest BCUT2D eigenvalue weighted by Crippen LogP contribution is -2.21. The van der Waals surface area contributed by atoms with E-state index in [1.54, 1.807) is 0 Å². The molecule has 1 heterocycles. The van der Waals surface area contributed by atoms with Crippen LogP contribution in [0.1, 0.15) is 23.8 Å². The van der Waals surface area contributed by atoms with Crippen LogP contribution in [0.4, 0.5) is 0 Å². The lowest BCUT2D eigenvalue weighted by Gasteiger charge is -2.16. The fourth-order valence-electron chi connectivity index (χ4n) is 2.00. The highest BCUT2D eigenvalue weighted by atomic mass is 35.5. The molecule has 1 aromatic rings. The highest BCUT2D eigenvalue weighted by Gasteiger charge is 2.37. The normalized spacial score (nSPS) is 26.3. The summed E-state index contributed by atoms with van der Waals surface area (Å²) in [5.41, 5.74) is 0.898. The van der Waals surface area contributed by atoms with Gasteiger partial charge >= 0.3 is 0 Å². The average molecular weight is 245 g/mol. The Labute approximate surface area is 95.2 Å². The Morgan fingerprint density at radius 1 is 1.27 bits per heavy atom. The van der Waals surface area contributed by atoms with Gasteiger partial charge in [0.25, 0.3) is 0 Å². The molecule has 1 saturated heterocycles. The van der Waals surface area contributed by atoms with Crippen molar-refractivity contribution in [3.05, 3.63) is 35.9 Å². The first kappa shape index (κ1) is 11.0. The molecule has 0 aromatic heterocycles. The molecule has 0 bridgehead atoms. The van der Waals surface area contributed by atoms with Crippen LogP contribution in [0.3, 0.4) is 0 Å². The molecule has 1 fully saturated rings. The van der Waals surface area contributed by atoms with E-state index in [1.807, 2.05) is 30.3 Å². The van der Waals surface area contributed by atoms with Gasteiger partial charge in [0.05, 0.1) is 16.4 Å². The summed E-state index contributed by atoms with van der Waals surface area (Å²) in [5, 5.41) is -0.805. The minimum atomic E-state index is -2.97. The van der Waals surface area contributed by atoms with Gasteiger partial charge in [-0.3, -0.25) is 0 Å². The molecule has 0 aliphatic carbocycles. The zero-order chi connectivity index (χ0) is 10.9. The van der Waals surface area contributed by atoms with E-state index in [9.17, 15) is 8.42 Å². The quantitative estimate of drug-likeness (QED) is 0.750. The molecular weight excluding hydrogens is 232 g/mol. The van der Waals surface area contributed by atoms with Crippen molar-refractivity contribution < 1.29 is 8.42 Å². The molecule has 2 rings (SSSR count). The predicted molar refractivity (Wildman–Crippen MR) is 61.8 cm³/mol. The maximum absolute atomic E-state index is 11.7. The summed E-state index contributed by atoms with van der Waals surface area (Å²) < 4.78 is 23.4. The van der Waals surface area contributed by atoms with Crippen molar-refractivity contribution in [2.24, 2.45) is 0 Å². The minimum Gasteiger partial charge on any atom is -0.228 e. The van der Waals surface area contributed by atoms with Crippen LogP contribution in [0.15, 0.2) is 30.3 Å². The van der Waals surface area contributed by atoms with E-state index in [-0.39, 0.29) is 5.75 Å². The molecule has 4 heteroatoms. The van der Waals surface area contributed by atoms with Gasteiger partial charge < -0.3 is 0 Å². The minimum absolute atomic E-state index is 0.285. The second-order valence-corrected chi connectivity index (χ2v) is 6.67. The second-order valence-electron chi connectivity index (χ2n) is 3.86. The van der Waals surface area contributed by atoms with E-state index in [0.717, 1.165) is 12.0 Å². The Balaban J connectivity index is 2.26. The number of alkyl halides is 1.